The molecule has 0 spiro atoms. The molecule has 3 aromatic carbocycles. The molecule has 6 heteroatoms. The van der Waals surface area contributed by atoms with Crippen LogP contribution >= 0.6 is 0 Å². The predicted molar refractivity (Wildman–Crippen MR) is 104 cm³/mol. The van der Waals surface area contributed by atoms with Gasteiger partial charge in [0, 0.05) is 22.5 Å². The Morgan fingerprint density at radius 2 is 1.44 bits per heavy atom. The number of benzene rings is 3. The number of nitrogens with two attached hydrogens (primary N) is 1. The van der Waals surface area contributed by atoms with Gasteiger partial charge in [0.05, 0.1) is 11.6 Å². The van der Waals surface area contributed by atoms with Crippen molar-refractivity contribution in [2.75, 3.05) is 10.6 Å². The summed E-state index contributed by atoms with van der Waals surface area (Å²) >= 11 is 0. The van der Waals surface area contributed by atoms with Gasteiger partial charge in [-0.15, -0.1) is 0 Å². The van der Waals surface area contributed by atoms with Crippen LogP contribution < -0.4 is 16.4 Å². The van der Waals surface area contributed by atoms with E-state index < -0.39 is 6.03 Å². The third-order valence-corrected chi connectivity index (χ3v) is 3.90. The standard InChI is InChI=1S/C21H16N4O2/c22-13-14-6-1-2-9-17(14)18-10-3-4-11-19(18)20(26)24-15-7-5-8-16(12-15)25-21(23)27/h1-12H,(H,24,26)(H3,23,25,27). The van der Waals surface area contributed by atoms with Crippen LogP contribution in [0, 0.1) is 11.3 Å². The molecule has 0 bridgehead atoms. The molecule has 3 rings (SSSR count). The van der Waals surface area contributed by atoms with Gasteiger partial charge in [-0.25, -0.2) is 4.79 Å². The van der Waals surface area contributed by atoms with Gasteiger partial charge in [-0.05, 0) is 35.9 Å². The number of rotatable bonds is 4. The van der Waals surface area contributed by atoms with Crippen LogP contribution in [0.25, 0.3) is 11.1 Å². The molecule has 0 radical (unpaired) electrons. The minimum atomic E-state index is -0.683. The lowest BCUT2D eigenvalue weighted by atomic mass is 9.95. The molecule has 0 atom stereocenters. The van der Waals surface area contributed by atoms with E-state index in [0.717, 1.165) is 0 Å². The number of anilines is 2. The second-order valence-electron chi connectivity index (χ2n) is 5.73. The monoisotopic (exact) mass is 356 g/mol. The zero-order valence-corrected chi connectivity index (χ0v) is 14.3. The molecule has 0 saturated carbocycles. The number of primary amides is 1. The molecule has 0 aliphatic heterocycles. The number of carbonyl (C=O) groups is 2. The van der Waals surface area contributed by atoms with Gasteiger partial charge >= 0.3 is 6.03 Å². The van der Waals surface area contributed by atoms with Crippen LogP contribution in [-0.4, -0.2) is 11.9 Å². The Morgan fingerprint density at radius 3 is 2.15 bits per heavy atom. The summed E-state index contributed by atoms with van der Waals surface area (Å²) in [5.41, 5.74) is 8.38. The van der Waals surface area contributed by atoms with E-state index in [-0.39, 0.29) is 5.91 Å². The first-order valence-electron chi connectivity index (χ1n) is 8.15. The van der Waals surface area contributed by atoms with Gasteiger partial charge in [-0.2, -0.15) is 5.26 Å². The fraction of sp³-hybridized carbons (Fsp3) is 0. The van der Waals surface area contributed by atoms with E-state index in [1.54, 1.807) is 54.6 Å². The molecular formula is C21H16N4O2. The summed E-state index contributed by atoms with van der Waals surface area (Å²) in [4.78, 5) is 23.8. The van der Waals surface area contributed by atoms with Crippen molar-refractivity contribution in [3.63, 3.8) is 0 Å². The molecular weight excluding hydrogens is 340 g/mol. The third kappa shape index (κ3) is 4.11. The van der Waals surface area contributed by atoms with Crippen molar-refractivity contribution in [3.8, 4) is 17.2 Å². The molecule has 3 amide bonds. The zero-order chi connectivity index (χ0) is 19.2. The average Bonchev–Trinajstić information content (AvgIpc) is 2.67. The quantitative estimate of drug-likeness (QED) is 0.658. The molecule has 0 heterocycles. The molecule has 0 aliphatic carbocycles. The van der Waals surface area contributed by atoms with Gasteiger partial charge in [0.2, 0.25) is 0 Å². The summed E-state index contributed by atoms with van der Waals surface area (Å²) in [6, 6.07) is 22.3. The Balaban J connectivity index is 1.93. The van der Waals surface area contributed by atoms with Gasteiger partial charge in [0.15, 0.2) is 0 Å². The SMILES string of the molecule is N#Cc1ccccc1-c1ccccc1C(=O)Nc1cccc(NC(N)=O)c1. The average molecular weight is 356 g/mol. The summed E-state index contributed by atoms with van der Waals surface area (Å²) in [5.74, 6) is -0.324. The van der Waals surface area contributed by atoms with Gasteiger partial charge in [-0.3, -0.25) is 4.79 Å². The number of hydrogen-bond donors (Lipinski definition) is 3. The van der Waals surface area contributed by atoms with Crippen LogP contribution in [0.2, 0.25) is 0 Å². The molecule has 4 N–H and O–H groups in total. The first-order chi connectivity index (χ1) is 13.1. The Hall–Kier alpha value is -4.11. The normalized spacial score (nSPS) is 9.89. The number of nitrogens with one attached hydrogen (secondary N) is 2. The minimum Gasteiger partial charge on any atom is -0.351 e. The van der Waals surface area contributed by atoms with Gasteiger partial charge in [0.25, 0.3) is 5.91 Å². The van der Waals surface area contributed by atoms with Crippen molar-refractivity contribution in [1.82, 2.24) is 0 Å². The number of nitriles is 1. The van der Waals surface area contributed by atoms with Gasteiger partial charge in [-0.1, -0.05) is 42.5 Å². The third-order valence-electron chi connectivity index (χ3n) is 3.90. The first-order valence-corrected chi connectivity index (χ1v) is 8.15. The predicted octanol–water partition coefficient (Wildman–Crippen LogP) is 3.97. The maximum Gasteiger partial charge on any atom is 0.316 e. The molecule has 132 valence electrons. The van der Waals surface area contributed by atoms with E-state index in [1.807, 2.05) is 18.2 Å². The number of urea groups is 1. The van der Waals surface area contributed by atoms with E-state index in [1.165, 1.54) is 0 Å². The van der Waals surface area contributed by atoms with Crippen molar-refractivity contribution >= 4 is 23.3 Å². The van der Waals surface area contributed by atoms with E-state index in [9.17, 15) is 14.9 Å². The van der Waals surface area contributed by atoms with Crippen LogP contribution in [-0.2, 0) is 0 Å². The highest BCUT2D eigenvalue weighted by atomic mass is 16.2. The Kier molecular flexibility index (Phi) is 5.15. The lowest BCUT2D eigenvalue weighted by Crippen LogP contribution is -2.19. The summed E-state index contributed by atoms with van der Waals surface area (Å²) in [6.07, 6.45) is 0. The first kappa shape index (κ1) is 17.7. The topological polar surface area (TPSA) is 108 Å². The second kappa shape index (κ2) is 7.85. The highest BCUT2D eigenvalue weighted by molar-refractivity contribution is 6.09. The zero-order valence-electron chi connectivity index (χ0n) is 14.3. The lowest BCUT2D eigenvalue weighted by Gasteiger charge is -2.12. The van der Waals surface area contributed by atoms with E-state index in [4.69, 9.17) is 5.73 Å². The summed E-state index contributed by atoms with van der Waals surface area (Å²) in [7, 11) is 0. The maximum atomic E-state index is 12.8. The number of amides is 3. The maximum absolute atomic E-state index is 12.8. The summed E-state index contributed by atoms with van der Waals surface area (Å²) in [6.45, 7) is 0. The van der Waals surface area contributed by atoms with E-state index >= 15 is 0 Å². The van der Waals surface area contributed by atoms with Crippen LogP contribution in [0.3, 0.4) is 0 Å². The second-order valence-corrected chi connectivity index (χ2v) is 5.73. The van der Waals surface area contributed by atoms with Gasteiger partial charge in [0.1, 0.15) is 0 Å². The lowest BCUT2D eigenvalue weighted by molar-refractivity contribution is 0.102. The Morgan fingerprint density at radius 1 is 0.815 bits per heavy atom. The molecule has 27 heavy (non-hydrogen) atoms. The Labute approximate surface area is 156 Å². The number of hydrogen-bond acceptors (Lipinski definition) is 3. The van der Waals surface area contributed by atoms with Crippen LogP contribution in [0.1, 0.15) is 15.9 Å². The van der Waals surface area contributed by atoms with Crippen molar-refractivity contribution < 1.29 is 9.59 Å². The molecule has 3 aromatic rings. The minimum absolute atomic E-state index is 0.324. The highest BCUT2D eigenvalue weighted by Crippen LogP contribution is 2.27. The smallest absolute Gasteiger partial charge is 0.316 e. The number of nitrogens with zero attached hydrogens (tertiary/aromatic N) is 1. The van der Waals surface area contributed by atoms with Crippen molar-refractivity contribution in [1.29, 1.82) is 5.26 Å². The fourth-order valence-corrected chi connectivity index (χ4v) is 2.75. The van der Waals surface area contributed by atoms with E-state index in [0.29, 0.717) is 33.6 Å². The van der Waals surface area contributed by atoms with Crippen molar-refractivity contribution in [3.05, 3.63) is 83.9 Å². The largest absolute Gasteiger partial charge is 0.351 e. The van der Waals surface area contributed by atoms with Crippen LogP contribution in [0.5, 0.6) is 0 Å². The molecule has 0 aliphatic rings. The van der Waals surface area contributed by atoms with Gasteiger partial charge < -0.3 is 16.4 Å². The van der Waals surface area contributed by atoms with Crippen LogP contribution in [0.4, 0.5) is 16.2 Å². The van der Waals surface area contributed by atoms with E-state index in [2.05, 4.69) is 16.7 Å². The summed E-state index contributed by atoms with van der Waals surface area (Å²) in [5, 5.41) is 14.6. The van der Waals surface area contributed by atoms with Crippen molar-refractivity contribution in [2.45, 2.75) is 0 Å². The van der Waals surface area contributed by atoms with Crippen molar-refractivity contribution in [2.24, 2.45) is 5.73 Å². The molecule has 0 aromatic heterocycles. The molecule has 0 unspecified atom stereocenters. The summed E-state index contributed by atoms with van der Waals surface area (Å²) < 4.78 is 0. The molecule has 6 nitrogen and oxygen atoms in total. The fourth-order valence-electron chi connectivity index (χ4n) is 2.75. The highest BCUT2D eigenvalue weighted by Gasteiger charge is 2.15. The Bertz CT molecular complexity index is 1050. The van der Waals surface area contributed by atoms with Crippen LogP contribution in [0.15, 0.2) is 72.8 Å². The number of carbonyl (C=O) groups excluding carboxylic acids is 2. The molecule has 0 fully saturated rings. The molecule has 0 saturated heterocycles.